The summed E-state index contributed by atoms with van der Waals surface area (Å²) in [6.45, 7) is 2.75. The van der Waals surface area contributed by atoms with E-state index in [4.69, 9.17) is 9.47 Å². The van der Waals surface area contributed by atoms with Gasteiger partial charge in [-0.2, -0.15) is 0 Å². The molecule has 1 unspecified atom stereocenters. The fraction of sp³-hybridized carbons (Fsp3) is 0.296. The van der Waals surface area contributed by atoms with Gasteiger partial charge >= 0.3 is 0 Å². The van der Waals surface area contributed by atoms with Gasteiger partial charge in [0.05, 0.1) is 29.9 Å². The molecule has 0 radical (unpaired) electrons. The maximum atomic E-state index is 13.1. The summed E-state index contributed by atoms with van der Waals surface area (Å²) in [5, 5.41) is 3.16. The van der Waals surface area contributed by atoms with Crippen LogP contribution in [0.15, 0.2) is 48.5 Å². The Morgan fingerprint density at radius 1 is 0.944 bits per heavy atom. The minimum atomic E-state index is -1.01. The zero-order chi connectivity index (χ0) is 25.2. The number of para-hydroxylation sites is 1. The second-order valence-corrected chi connectivity index (χ2v) is 8.81. The van der Waals surface area contributed by atoms with Crippen LogP contribution in [-0.4, -0.2) is 52.8 Å². The number of nitrogens with one attached hydrogen (secondary N) is 1. The fourth-order valence-electron chi connectivity index (χ4n) is 4.56. The van der Waals surface area contributed by atoms with Gasteiger partial charge in [0.25, 0.3) is 11.8 Å². The lowest BCUT2D eigenvalue weighted by atomic mass is 10.0. The largest absolute Gasteiger partial charge is 0.493 e. The maximum Gasteiger partial charge on any atom is 0.266 e. The van der Waals surface area contributed by atoms with Gasteiger partial charge in [0, 0.05) is 23.6 Å². The highest BCUT2D eigenvalue weighted by atomic mass is 16.5. The van der Waals surface area contributed by atoms with Crippen LogP contribution in [0, 0.1) is 6.92 Å². The summed E-state index contributed by atoms with van der Waals surface area (Å²) in [7, 11) is 0. The third-order valence-corrected chi connectivity index (χ3v) is 6.29. The van der Waals surface area contributed by atoms with E-state index in [9.17, 15) is 19.2 Å². The number of imide groups is 2. The lowest BCUT2D eigenvalue weighted by molar-refractivity contribution is -0.136. The van der Waals surface area contributed by atoms with E-state index in [0.29, 0.717) is 25.4 Å². The number of rotatable bonds is 8. The molecule has 2 aromatic carbocycles. The van der Waals surface area contributed by atoms with Gasteiger partial charge in [-0.15, -0.1) is 0 Å². The molecule has 0 saturated carbocycles. The number of ether oxygens (including phenoxy) is 2. The topological polar surface area (TPSA) is 115 Å². The SMILES string of the molecule is Cc1cc(OCCCCOc2cccc3c2C(=O)N(C2CCC(=O)NC2=O)C3=O)c2ccccc2n1. The van der Waals surface area contributed by atoms with Crippen LogP contribution in [-0.2, 0) is 9.59 Å². The van der Waals surface area contributed by atoms with Crippen LogP contribution in [0.4, 0.5) is 0 Å². The minimum Gasteiger partial charge on any atom is -0.493 e. The van der Waals surface area contributed by atoms with E-state index in [2.05, 4.69) is 10.3 Å². The van der Waals surface area contributed by atoms with Gasteiger partial charge in [-0.1, -0.05) is 18.2 Å². The fourth-order valence-corrected chi connectivity index (χ4v) is 4.56. The average Bonchev–Trinajstić information content (AvgIpc) is 3.11. The third kappa shape index (κ3) is 4.39. The van der Waals surface area contributed by atoms with Gasteiger partial charge in [-0.25, -0.2) is 0 Å². The van der Waals surface area contributed by atoms with Crippen LogP contribution in [0.2, 0.25) is 0 Å². The molecule has 9 nitrogen and oxygen atoms in total. The van der Waals surface area contributed by atoms with Gasteiger partial charge in [0.2, 0.25) is 11.8 Å². The molecule has 3 heterocycles. The number of unbranched alkanes of at least 4 members (excludes halogenated alkanes) is 1. The molecule has 1 saturated heterocycles. The van der Waals surface area contributed by atoms with Crippen molar-refractivity contribution in [2.75, 3.05) is 13.2 Å². The number of hydrogen-bond acceptors (Lipinski definition) is 7. The Morgan fingerprint density at radius 2 is 1.69 bits per heavy atom. The summed E-state index contributed by atoms with van der Waals surface area (Å²) >= 11 is 0. The van der Waals surface area contributed by atoms with E-state index in [1.54, 1.807) is 18.2 Å². The molecule has 9 heteroatoms. The quantitative estimate of drug-likeness (QED) is 0.383. The summed E-state index contributed by atoms with van der Waals surface area (Å²) < 4.78 is 11.9. The number of nitrogens with zero attached hydrogens (tertiary/aromatic N) is 2. The molecule has 0 bridgehead atoms. The predicted molar refractivity (Wildman–Crippen MR) is 130 cm³/mol. The van der Waals surface area contributed by atoms with Gasteiger partial charge < -0.3 is 9.47 Å². The average molecular weight is 488 g/mol. The van der Waals surface area contributed by atoms with Crippen LogP contribution in [0.3, 0.4) is 0 Å². The first kappa shape index (κ1) is 23.5. The smallest absolute Gasteiger partial charge is 0.266 e. The Bertz CT molecular complexity index is 1390. The Balaban J connectivity index is 1.18. The minimum absolute atomic E-state index is 0.0735. The van der Waals surface area contributed by atoms with Crippen molar-refractivity contribution in [2.24, 2.45) is 0 Å². The van der Waals surface area contributed by atoms with E-state index in [-0.39, 0.29) is 24.0 Å². The first-order valence-corrected chi connectivity index (χ1v) is 11.9. The van der Waals surface area contributed by atoms with Gasteiger partial charge in [-0.05, 0) is 50.5 Å². The maximum absolute atomic E-state index is 13.1. The Kier molecular flexibility index (Phi) is 6.37. The molecule has 2 aliphatic rings. The van der Waals surface area contributed by atoms with Gasteiger partial charge in [0.15, 0.2) is 0 Å². The summed E-state index contributed by atoms with van der Waals surface area (Å²) in [6.07, 6.45) is 1.58. The summed E-state index contributed by atoms with van der Waals surface area (Å²) in [6, 6.07) is 13.6. The molecule has 1 N–H and O–H groups in total. The monoisotopic (exact) mass is 487 g/mol. The van der Waals surface area contributed by atoms with E-state index in [1.807, 2.05) is 37.3 Å². The van der Waals surface area contributed by atoms with Crippen LogP contribution in [0.25, 0.3) is 10.9 Å². The first-order valence-electron chi connectivity index (χ1n) is 11.9. The Labute approximate surface area is 207 Å². The normalized spacial score (nSPS) is 17.4. The van der Waals surface area contributed by atoms with E-state index in [1.165, 1.54) is 0 Å². The molecule has 4 amide bonds. The number of aromatic nitrogens is 1. The highest BCUT2D eigenvalue weighted by molar-refractivity contribution is 6.24. The zero-order valence-corrected chi connectivity index (χ0v) is 19.8. The van der Waals surface area contributed by atoms with E-state index < -0.39 is 29.7 Å². The molecule has 1 aromatic heterocycles. The van der Waals surface area contributed by atoms with Crippen molar-refractivity contribution in [1.29, 1.82) is 0 Å². The highest BCUT2D eigenvalue weighted by Gasteiger charge is 2.45. The standard InChI is InChI=1S/C27H25N3O6/c1-16-15-22(17-7-2-3-9-19(17)28-16)36-14-5-4-13-35-21-10-6-8-18-24(21)27(34)30(26(18)33)20-11-12-23(31)29-25(20)32/h2-3,6-10,15,20H,4-5,11-14H2,1H3,(H,29,31,32). The third-order valence-electron chi connectivity index (χ3n) is 6.29. The molecule has 2 aliphatic heterocycles. The van der Waals surface area contributed by atoms with Gasteiger partial charge in [-0.3, -0.25) is 34.4 Å². The van der Waals surface area contributed by atoms with Crippen molar-refractivity contribution < 1.29 is 28.7 Å². The molecule has 0 aliphatic carbocycles. The van der Waals surface area contributed by atoms with Crippen LogP contribution >= 0.6 is 0 Å². The first-order chi connectivity index (χ1) is 17.4. The summed E-state index contributed by atoms with van der Waals surface area (Å²) in [5.41, 5.74) is 2.13. The van der Waals surface area contributed by atoms with Gasteiger partial charge in [0.1, 0.15) is 17.5 Å². The summed E-state index contributed by atoms with van der Waals surface area (Å²) in [5.74, 6) is -1.09. The van der Waals surface area contributed by atoms with Crippen molar-refractivity contribution in [3.05, 3.63) is 65.4 Å². The van der Waals surface area contributed by atoms with Crippen LogP contribution in [0.1, 0.15) is 52.1 Å². The van der Waals surface area contributed by atoms with Crippen molar-refractivity contribution in [3.63, 3.8) is 0 Å². The van der Waals surface area contributed by atoms with Crippen molar-refractivity contribution in [3.8, 4) is 11.5 Å². The molecule has 5 rings (SSSR count). The van der Waals surface area contributed by atoms with Crippen LogP contribution in [0.5, 0.6) is 11.5 Å². The molecule has 36 heavy (non-hydrogen) atoms. The van der Waals surface area contributed by atoms with Crippen molar-refractivity contribution in [1.82, 2.24) is 15.2 Å². The number of hydrogen-bond donors (Lipinski definition) is 1. The number of fused-ring (bicyclic) bond motifs is 2. The van der Waals surface area contributed by atoms with Crippen molar-refractivity contribution in [2.45, 2.75) is 38.6 Å². The molecule has 1 atom stereocenters. The second-order valence-electron chi connectivity index (χ2n) is 8.81. The molecular formula is C27H25N3O6. The number of amides is 4. The number of aryl methyl sites for hydroxylation is 1. The number of benzene rings is 2. The number of piperidine rings is 1. The second kappa shape index (κ2) is 9.77. The zero-order valence-electron chi connectivity index (χ0n) is 19.8. The summed E-state index contributed by atoms with van der Waals surface area (Å²) in [4.78, 5) is 55.2. The number of carbonyl (C=O) groups excluding carboxylic acids is 4. The van der Waals surface area contributed by atoms with E-state index >= 15 is 0 Å². The molecular weight excluding hydrogens is 462 g/mol. The Hall–Kier alpha value is -4.27. The molecule has 3 aromatic rings. The number of carbonyl (C=O) groups is 4. The van der Waals surface area contributed by atoms with E-state index in [0.717, 1.165) is 33.7 Å². The Morgan fingerprint density at radius 3 is 2.47 bits per heavy atom. The van der Waals surface area contributed by atoms with Crippen molar-refractivity contribution >= 4 is 34.5 Å². The number of pyridine rings is 1. The van der Waals surface area contributed by atoms with Crippen LogP contribution < -0.4 is 14.8 Å². The molecule has 184 valence electrons. The lowest BCUT2D eigenvalue weighted by Crippen LogP contribution is -2.54. The molecule has 0 spiro atoms. The predicted octanol–water partition coefficient (Wildman–Crippen LogP) is 3.18. The molecule has 1 fully saturated rings. The lowest BCUT2D eigenvalue weighted by Gasteiger charge is -2.27. The highest BCUT2D eigenvalue weighted by Crippen LogP contribution is 2.33.